The van der Waals surface area contributed by atoms with Crippen LogP contribution in [0.4, 0.5) is 11.5 Å². The second-order valence-electron chi connectivity index (χ2n) is 9.47. The van der Waals surface area contributed by atoms with E-state index in [0.29, 0.717) is 12.5 Å². The molecule has 6 nitrogen and oxygen atoms in total. The van der Waals surface area contributed by atoms with E-state index in [1.165, 1.54) is 11.1 Å². The molecule has 0 spiro atoms. The predicted octanol–water partition coefficient (Wildman–Crippen LogP) is 6.82. The number of nitrogens with one attached hydrogen (secondary N) is 2. The van der Waals surface area contributed by atoms with Crippen molar-refractivity contribution in [1.82, 2.24) is 14.6 Å². The van der Waals surface area contributed by atoms with Crippen LogP contribution in [0.15, 0.2) is 95.6 Å². The van der Waals surface area contributed by atoms with Crippen LogP contribution in [0.3, 0.4) is 0 Å². The number of nitrogens with zero attached hydrogens (tertiary/aromatic N) is 3. The number of hydrogen-bond acceptors (Lipinski definition) is 4. The lowest BCUT2D eigenvalue weighted by molar-refractivity contribution is -0.117. The summed E-state index contributed by atoms with van der Waals surface area (Å²) in [5, 5.41) is 11.1. The van der Waals surface area contributed by atoms with Gasteiger partial charge in [0, 0.05) is 29.8 Å². The molecule has 5 aromatic rings. The van der Waals surface area contributed by atoms with Gasteiger partial charge in [-0.05, 0) is 64.0 Å². The van der Waals surface area contributed by atoms with Gasteiger partial charge in [0.1, 0.15) is 5.82 Å². The maximum atomic E-state index is 12.7. The highest BCUT2D eigenvalue weighted by Gasteiger charge is 2.43. The summed E-state index contributed by atoms with van der Waals surface area (Å²) in [6, 6.07) is 28.5. The summed E-state index contributed by atoms with van der Waals surface area (Å²) in [6.07, 6.45) is 2.67. The number of halogens is 1. The Morgan fingerprint density at radius 3 is 2.57 bits per heavy atom. The minimum Gasteiger partial charge on any atom is -0.366 e. The van der Waals surface area contributed by atoms with E-state index in [-0.39, 0.29) is 11.8 Å². The van der Waals surface area contributed by atoms with Gasteiger partial charge in [-0.3, -0.25) is 4.79 Å². The molecule has 2 atom stereocenters. The molecule has 184 valence electrons. The molecule has 3 aromatic carbocycles. The molecule has 0 saturated heterocycles. The van der Waals surface area contributed by atoms with Gasteiger partial charge >= 0.3 is 0 Å². The molecule has 0 bridgehead atoms. The smallest absolute Gasteiger partial charge is 0.228 e. The van der Waals surface area contributed by atoms with E-state index in [1.54, 1.807) is 10.7 Å². The second-order valence-corrected chi connectivity index (χ2v) is 10.3. The Labute approximate surface area is 223 Å². The average molecular weight is 552 g/mol. The van der Waals surface area contributed by atoms with Gasteiger partial charge in [0.15, 0.2) is 5.65 Å². The summed E-state index contributed by atoms with van der Waals surface area (Å²) >= 11 is 3.57. The monoisotopic (exact) mass is 551 g/mol. The molecule has 0 unspecified atom stereocenters. The summed E-state index contributed by atoms with van der Waals surface area (Å²) < 4.78 is 2.65. The Morgan fingerprint density at radius 1 is 1.03 bits per heavy atom. The molecule has 2 N–H and O–H groups in total. The summed E-state index contributed by atoms with van der Waals surface area (Å²) in [4.78, 5) is 17.5. The first-order chi connectivity index (χ1) is 18.1. The molecule has 6 rings (SSSR count). The molecule has 1 saturated carbocycles. The number of hydrogen-bond donors (Lipinski definition) is 2. The Balaban J connectivity index is 1.14. The van der Waals surface area contributed by atoms with Crippen molar-refractivity contribution in [2.24, 2.45) is 5.92 Å². The van der Waals surface area contributed by atoms with E-state index in [9.17, 15) is 4.79 Å². The summed E-state index contributed by atoms with van der Waals surface area (Å²) in [5.74, 6) is 1.32. The van der Waals surface area contributed by atoms with Crippen LogP contribution in [0.25, 0.3) is 16.9 Å². The number of fused-ring (bicyclic) bond motifs is 1. The molecule has 1 aliphatic rings. The number of anilines is 2. The zero-order chi connectivity index (χ0) is 25.4. The van der Waals surface area contributed by atoms with Gasteiger partial charge in [0.25, 0.3) is 0 Å². The number of carbonyl (C=O) groups excluding carboxylic acids is 1. The SMILES string of the molecule is Cc1ccccc1-c1cc(NCc2ccc(NC(=O)[C@@H]3C[C@H]3c3ccccc3)cc2)n2ncc(Br)c2n1. The van der Waals surface area contributed by atoms with Crippen LogP contribution in [0.2, 0.25) is 0 Å². The van der Waals surface area contributed by atoms with Crippen LogP contribution < -0.4 is 10.6 Å². The highest BCUT2D eigenvalue weighted by Crippen LogP contribution is 2.47. The largest absolute Gasteiger partial charge is 0.366 e. The van der Waals surface area contributed by atoms with Crippen molar-refractivity contribution in [2.45, 2.75) is 25.8 Å². The van der Waals surface area contributed by atoms with Gasteiger partial charge in [-0.15, -0.1) is 0 Å². The molecule has 0 aliphatic heterocycles. The fourth-order valence-corrected chi connectivity index (χ4v) is 5.10. The number of aromatic nitrogens is 3. The lowest BCUT2D eigenvalue weighted by Gasteiger charge is -2.12. The molecule has 1 fully saturated rings. The number of amides is 1. The number of rotatable bonds is 7. The maximum Gasteiger partial charge on any atom is 0.228 e. The normalized spacial score (nSPS) is 16.5. The molecule has 0 radical (unpaired) electrons. The van der Waals surface area contributed by atoms with E-state index in [1.807, 2.05) is 60.7 Å². The molecule has 7 heteroatoms. The van der Waals surface area contributed by atoms with Crippen molar-refractivity contribution in [3.63, 3.8) is 0 Å². The van der Waals surface area contributed by atoms with Crippen molar-refractivity contribution in [1.29, 1.82) is 0 Å². The van der Waals surface area contributed by atoms with Crippen molar-refractivity contribution in [2.75, 3.05) is 10.6 Å². The van der Waals surface area contributed by atoms with Gasteiger partial charge in [-0.2, -0.15) is 9.61 Å². The van der Waals surface area contributed by atoms with Crippen LogP contribution in [0.1, 0.15) is 29.0 Å². The third kappa shape index (κ3) is 4.87. The lowest BCUT2D eigenvalue weighted by Crippen LogP contribution is -2.14. The number of aryl methyl sites for hydroxylation is 1. The van der Waals surface area contributed by atoms with Crippen molar-refractivity contribution in [3.05, 3.63) is 112 Å². The molecule has 1 amide bonds. The van der Waals surface area contributed by atoms with Gasteiger partial charge in [-0.1, -0.05) is 66.7 Å². The first-order valence-corrected chi connectivity index (χ1v) is 13.1. The lowest BCUT2D eigenvalue weighted by atomic mass is 10.1. The predicted molar refractivity (Wildman–Crippen MR) is 151 cm³/mol. The third-order valence-corrected chi connectivity index (χ3v) is 7.46. The molecular weight excluding hydrogens is 526 g/mol. The quantitative estimate of drug-likeness (QED) is 0.233. The fourth-order valence-electron chi connectivity index (χ4n) is 4.75. The van der Waals surface area contributed by atoms with Crippen LogP contribution in [0, 0.1) is 12.8 Å². The van der Waals surface area contributed by atoms with E-state index in [2.05, 4.69) is 62.9 Å². The summed E-state index contributed by atoms with van der Waals surface area (Å²) in [6.45, 7) is 2.70. The first-order valence-electron chi connectivity index (χ1n) is 12.4. The summed E-state index contributed by atoms with van der Waals surface area (Å²) in [7, 11) is 0. The standard InChI is InChI=1S/C30H26BrN5O/c1-19-7-5-6-10-23(19)27-16-28(36-29(35-27)26(31)18-33-36)32-17-20-11-13-22(14-12-20)34-30(37)25-15-24(25)21-8-3-2-4-9-21/h2-14,16,18,24-25,32H,15,17H2,1H3,(H,34,37)/t24-,25+/m0/s1. The highest BCUT2D eigenvalue weighted by atomic mass is 79.9. The van der Waals surface area contributed by atoms with Crippen molar-refractivity contribution < 1.29 is 4.79 Å². The van der Waals surface area contributed by atoms with Gasteiger partial charge in [0.2, 0.25) is 5.91 Å². The molecule has 1 aliphatic carbocycles. The number of benzene rings is 3. The fraction of sp³-hybridized carbons (Fsp3) is 0.167. The molecule has 37 heavy (non-hydrogen) atoms. The van der Waals surface area contributed by atoms with Gasteiger partial charge in [-0.25, -0.2) is 4.98 Å². The van der Waals surface area contributed by atoms with E-state index in [4.69, 9.17) is 4.98 Å². The Morgan fingerprint density at radius 2 is 1.78 bits per heavy atom. The van der Waals surface area contributed by atoms with E-state index >= 15 is 0 Å². The Bertz CT molecular complexity index is 1580. The Hall–Kier alpha value is -3.97. The van der Waals surface area contributed by atoms with Crippen LogP contribution >= 0.6 is 15.9 Å². The molecular formula is C30H26BrN5O. The molecule has 2 aromatic heterocycles. The van der Waals surface area contributed by atoms with Crippen LogP contribution in [0.5, 0.6) is 0 Å². The maximum absolute atomic E-state index is 12.7. The van der Waals surface area contributed by atoms with Gasteiger partial charge in [0.05, 0.1) is 16.4 Å². The molecule has 2 heterocycles. The minimum atomic E-state index is 0.0497. The van der Waals surface area contributed by atoms with Crippen LogP contribution in [-0.4, -0.2) is 20.5 Å². The number of carbonyl (C=O) groups is 1. The first kappa shape index (κ1) is 23.4. The van der Waals surface area contributed by atoms with Crippen molar-refractivity contribution >= 4 is 39.0 Å². The zero-order valence-electron chi connectivity index (χ0n) is 20.4. The van der Waals surface area contributed by atoms with E-state index in [0.717, 1.165) is 44.9 Å². The van der Waals surface area contributed by atoms with Crippen molar-refractivity contribution in [3.8, 4) is 11.3 Å². The average Bonchev–Trinajstić information content (AvgIpc) is 3.65. The van der Waals surface area contributed by atoms with E-state index < -0.39 is 0 Å². The van der Waals surface area contributed by atoms with Gasteiger partial charge < -0.3 is 10.6 Å². The zero-order valence-corrected chi connectivity index (χ0v) is 21.9. The highest BCUT2D eigenvalue weighted by molar-refractivity contribution is 9.10. The summed E-state index contributed by atoms with van der Waals surface area (Å²) in [5.41, 5.74) is 7.06. The topological polar surface area (TPSA) is 71.3 Å². The third-order valence-electron chi connectivity index (χ3n) is 6.90. The minimum absolute atomic E-state index is 0.0497. The second kappa shape index (κ2) is 9.82. The van der Waals surface area contributed by atoms with Crippen LogP contribution in [-0.2, 0) is 11.3 Å². The Kier molecular flexibility index (Phi) is 6.22.